The summed E-state index contributed by atoms with van der Waals surface area (Å²) in [7, 11) is 0. The lowest BCUT2D eigenvalue weighted by Gasteiger charge is -2.09. The molecule has 0 unspecified atom stereocenters. The molecule has 0 aliphatic heterocycles. The normalized spacial score (nSPS) is 9.61. The van der Waals surface area contributed by atoms with Gasteiger partial charge in [-0.25, -0.2) is 0 Å². The molecule has 18 heavy (non-hydrogen) atoms. The Labute approximate surface area is 110 Å². The summed E-state index contributed by atoms with van der Waals surface area (Å²) < 4.78 is 5.21. The minimum Gasteiger partial charge on any atom is -0.483 e. The SMILES string of the molecule is C=CCNC(=O)COc1ccc(Cl)cc1C(N)=O. The van der Waals surface area contributed by atoms with E-state index in [0.717, 1.165) is 0 Å². The average Bonchev–Trinajstić information content (AvgIpc) is 2.34. The van der Waals surface area contributed by atoms with Crippen molar-refractivity contribution in [1.82, 2.24) is 5.32 Å². The largest absolute Gasteiger partial charge is 0.483 e. The van der Waals surface area contributed by atoms with Crippen LogP contribution in [0.15, 0.2) is 30.9 Å². The van der Waals surface area contributed by atoms with Crippen molar-refractivity contribution in [2.24, 2.45) is 5.73 Å². The van der Waals surface area contributed by atoms with Crippen LogP contribution in [0.5, 0.6) is 5.75 Å². The van der Waals surface area contributed by atoms with Crippen LogP contribution < -0.4 is 15.8 Å². The minimum absolute atomic E-state index is 0.138. The second-order valence-electron chi connectivity index (χ2n) is 3.39. The van der Waals surface area contributed by atoms with Crippen LogP contribution >= 0.6 is 11.6 Å². The molecule has 0 aromatic heterocycles. The Bertz CT molecular complexity index is 474. The summed E-state index contributed by atoms with van der Waals surface area (Å²) in [4.78, 5) is 22.5. The van der Waals surface area contributed by atoms with E-state index in [9.17, 15) is 9.59 Å². The summed E-state index contributed by atoms with van der Waals surface area (Å²) in [6.45, 7) is 3.61. The zero-order valence-electron chi connectivity index (χ0n) is 9.61. The van der Waals surface area contributed by atoms with Gasteiger partial charge in [0.2, 0.25) is 0 Å². The summed E-state index contributed by atoms with van der Waals surface area (Å²) in [6.07, 6.45) is 1.55. The molecule has 0 heterocycles. The molecule has 2 amide bonds. The van der Waals surface area contributed by atoms with E-state index >= 15 is 0 Å². The van der Waals surface area contributed by atoms with Crippen molar-refractivity contribution in [1.29, 1.82) is 0 Å². The topological polar surface area (TPSA) is 81.4 Å². The van der Waals surface area contributed by atoms with Crippen LogP contribution in [0.2, 0.25) is 5.02 Å². The van der Waals surface area contributed by atoms with Crippen molar-refractivity contribution in [3.63, 3.8) is 0 Å². The zero-order valence-corrected chi connectivity index (χ0v) is 10.4. The van der Waals surface area contributed by atoms with Crippen LogP contribution in [0, 0.1) is 0 Å². The predicted molar refractivity (Wildman–Crippen MR) is 68.7 cm³/mol. The van der Waals surface area contributed by atoms with Crippen molar-refractivity contribution in [3.05, 3.63) is 41.4 Å². The van der Waals surface area contributed by atoms with Crippen molar-refractivity contribution in [2.45, 2.75) is 0 Å². The van der Waals surface area contributed by atoms with Gasteiger partial charge in [0, 0.05) is 11.6 Å². The molecule has 96 valence electrons. The van der Waals surface area contributed by atoms with Gasteiger partial charge in [0.05, 0.1) is 5.56 Å². The molecule has 0 fully saturated rings. The van der Waals surface area contributed by atoms with Gasteiger partial charge >= 0.3 is 0 Å². The summed E-state index contributed by atoms with van der Waals surface area (Å²) >= 11 is 5.74. The molecule has 6 heteroatoms. The van der Waals surface area contributed by atoms with Crippen LogP contribution in [-0.2, 0) is 4.79 Å². The van der Waals surface area contributed by atoms with Gasteiger partial charge < -0.3 is 15.8 Å². The van der Waals surface area contributed by atoms with Crippen LogP contribution in [0.3, 0.4) is 0 Å². The van der Waals surface area contributed by atoms with Crippen LogP contribution in [0.25, 0.3) is 0 Å². The van der Waals surface area contributed by atoms with Gasteiger partial charge in [-0.05, 0) is 18.2 Å². The molecule has 0 bridgehead atoms. The molecule has 0 spiro atoms. The number of amides is 2. The molecule has 0 aliphatic rings. The zero-order chi connectivity index (χ0) is 13.5. The van der Waals surface area contributed by atoms with E-state index in [1.165, 1.54) is 12.1 Å². The number of carbonyl (C=O) groups excluding carboxylic acids is 2. The predicted octanol–water partition coefficient (Wildman–Crippen LogP) is 1.12. The Balaban J connectivity index is 2.69. The molecule has 0 aliphatic carbocycles. The first-order chi connectivity index (χ1) is 8.54. The number of halogens is 1. The molecule has 1 aromatic rings. The fraction of sp³-hybridized carbons (Fsp3) is 0.167. The van der Waals surface area contributed by atoms with Crippen molar-refractivity contribution in [2.75, 3.05) is 13.2 Å². The first kappa shape index (κ1) is 14.1. The number of benzene rings is 1. The Kier molecular flexibility index (Phi) is 5.20. The van der Waals surface area contributed by atoms with E-state index in [4.69, 9.17) is 22.1 Å². The molecule has 0 radical (unpaired) electrons. The molecule has 0 atom stereocenters. The van der Waals surface area contributed by atoms with Crippen molar-refractivity contribution in [3.8, 4) is 5.75 Å². The molecule has 1 aromatic carbocycles. The maximum atomic E-state index is 11.3. The second kappa shape index (κ2) is 6.66. The van der Waals surface area contributed by atoms with Gasteiger partial charge in [-0.2, -0.15) is 0 Å². The summed E-state index contributed by atoms with van der Waals surface area (Å²) in [5.74, 6) is -0.764. The number of hydrogen-bond donors (Lipinski definition) is 2. The maximum absolute atomic E-state index is 11.3. The van der Waals surface area contributed by atoms with E-state index < -0.39 is 5.91 Å². The summed E-state index contributed by atoms with van der Waals surface area (Å²) in [5, 5.41) is 2.91. The Hall–Kier alpha value is -2.01. The number of ether oxygens (including phenoxy) is 1. The maximum Gasteiger partial charge on any atom is 0.258 e. The molecule has 0 saturated heterocycles. The molecule has 1 rings (SSSR count). The van der Waals surface area contributed by atoms with Crippen molar-refractivity contribution < 1.29 is 14.3 Å². The highest BCUT2D eigenvalue weighted by Gasteiger charge is 2.11. The molecular formula is C12H13ClN2O3. The fourth-order valence-electron chi connectivity index (χ4n) is 1.20. The third kappa shape index (κ3) is 4.10. The lowest BCUT2D eigenvalue weighted by Crippen LogP contribution is -2.29. The first-order valence-electron chi connectivity index (χ1n) is 5.14. The van der Waals surface area contributed by atoms with E-state index in [1.54, 1.807) is 12.1 Å². The van der Waals surface area contributed by atoms with Gasteiger partial charge in [0.25, 0.3) is 11.8 Å². The highest BCUT2D eigenvalue weighted by Crippen LogP contribution is 2.22. The minimum atomic E-state index is -0.668. The van der Waals surface area contributed by atoms with E-state index in [-0.39, 0.29) is 23.8 Å². The number of carbonyl (C=O) groups is 2. The Morgan fingerprint density at radius 2 is 2.22 bits per heavy atom. The monoisotopic (exact) mass is 268 g/mol. The van der Waals surface area contributed by atoms with Crippen LogP contribution in [0.4, 0.5) is 0 Å². The number of primary amides is 1. The average molecular weight is 269 g/mol. The van der Waals surface area contributed by atoms with Crippen molar-refractivity contribution >= 4 is 23.4 Å². The molecule has 5 nitrogen and oxygen atoms in total. The highest BCUT2D eigenvalue weighted by atomic mass is 35.5. The number of hydrogen-bond acceptors (Lipinski definition) is 3. The summed E-state index contributed by atoms with van der Waals surface area (Å²) in [5.41, 5.74) is 5.32. The standard InChI is InChI=1S/C12H13ClN2O3/c1-2-5-15-11(16)7-18-10-4-3-8(13)6-9(10)12(14)17/h2-4,6H,1,5,7H2,(H2,14,17)(H,15,16). The van der Waals surface area contributed by atoms with Gasteiger partial charge in [0.1, 0.15) is 5.75 Å². The number of nitrogens with one attached hydrogen (secondary N) is 1. The number of nitrogens with two attached hydrogens (primary N) is 1. The van der Waals surface area contributed by atoms with Crippen LogP contribution in [0.1, 0.15) is 10.4 Å². The lowest BCUT2D eigenvalue weighted by atomic mass is 10.2. The second-order valence-corrected chi connectivity index (χ2v) is 3.82. The third-order valence-electron chi connectivity index (χ3n) is 2.01. The highest BCUT2D eigenvalue weighted by molar-refractivity contribution is 6.31. The Morgan fingerprint density at radius 1 is 1.50 bits per heavy atom. The molecular weight excluding hydrogens is 256 g/mol. The molecule has 3 N–H and O–H groups in total. The van der Waals surface area contributed by atoms with Gasteiger partial charge in [-0.15, -0.1) is 6.58 Å². The smallest absolute Gasteiger partial charge is 0.258 e. The summed E-state index contributed by atoms with van der Waals surface area (Å²) in [6, 6.07) is 4.43. The van der Waals surface area contributed by atoms with Gasteiger partial charge in [0.15, 0.2) is 6.61 Å². The van der Waals surface area contributed by atoms with Crippen LogP contribution in [-0.4, -0.2) is 25.0 Å². The van der Waals surface area contributed by atoms with E-state index in [1.807, 2.05) is 0 Å². The fourth-order valence-corrected chi connectivity index (χ4v) is 1.37. The lowest BCUT2D eigenvalue weighted by molar-refractivity contribution is -0.122. The van der Waals surface area contributed by atoms with E-state index in [0.29, 0.717) is 11.6 Å². The quantitative estimate of drug-likeness (QED) is 0.759. The molecule has 0 saturated carbocycles. The third-order valence-corrected chi connectivity index (χ3v) is 2.24. The van der Waals surface area contributed by atoms with E-state index in [2.05, 4.69) is 11.9 Å². The Morgan fingerprint density at radius 3 is 2.83 bits per heavy atom. The number of rotatable bonds is 6. The van der Waals surface area contributed by atoms with Gasteiger partial charge in [-0.3, -0.25) is 9.59 Å². The first-order valence-corrected chi connectivity index (χ1v) is 5.52. The van der Waals surface area contributed by atoms with Gasteiger partial charge in [-0.1, -0.05) is 17.7 Å².